The normalized spacial score (nSPS) is 12.1. The van der Waals surface area contributed by atoms with Gasteiger partial charge in [0, 0.05) is 12.8 Å². The van der Waals surface area contributed by atoms with Gasteiger partial charge in [-0.25, -0.2) is 0 Å². The lowest BCUT2D eigenvalue weighted by Gasteiger charge is -2.18. The molecule has 0 spiro atoms. The first kappa shape index (κ1) is 47.8. The van der Waals surface area contributed by atoms with Crippen molar-refractivity contribution in [1.82, 2.24) is 0 Å². The Bertz CT molecular complexity index is 712. The van der Waals surface area contributed by atoms with E-state index in [0.29, 0.717) is 25.8 Å². The molecule has 0 aromatic carbocycles. The molecule has 0 saturated heterocycles. The largest absolute Gasteiger partial charge is 0.462 e. The van der Waals surface area contributed by atoms with Crippen LogP contribution in [-0.4, -0.2) is 31.2 Å². The minimum atomic E-state index is -0.391. The molecule has 5 nitrogen and oxygen atoms in total. The number of ether oxygens (including phenoxy) is 2. The molecule has 0 fully saturated rings. The molecule has 0 radical (unpaired) electrons. The van der Waals surface area contributed by atoms with Crippen molar-refractivity contribution in [2.75, 3.05) is 13.2 Å². The highest BCUT2D eigenvalue weighted by Crippen LogP contribution is 2.13. The maximum Gasteiger partial charge on any atom is 0.306 e. The van der Waals surface area contributed by atoms with Crippen molar-refractivity contribution < 1.29 is 19.1 Å². The molecule has 0 unspecified atom stereocenters. The molecule has 0 heterocycles. The molecule has 0 rings (SSSR count). The molecule has 0 amide bonds. The number of hydrogen-bond donors (Lipinski definition) is 1. The Kier molecular flexibility index (Phi) is 41.5. The highest BCUT2D eigenvalue weighted by atomic mass is 35.5. The molecule has 1 atom stereocenters. The summed E-state index contributed by atoms with van der Waals surface area (Å²) in [5, 5.41) is 0. The van der Waals surface area contributed by atoms with Gasteiger partial charge in [-0.1, -0.05) is 141 Å². The maximum absolute atomic E-state index is 12.4. The minimum absolute atomic E-state index is 0. The van der Waals surface area contributed by atoms with Crippen LogP contribution in [0.5, 0.6) is 0 Å². The van der Waals surface area contributed by atoms with E-state index >= 15 is 0 Å². The van der Waals surface area contributed by atoms with Crippen molar-refractivity contribution in [1.29, 1.82) is 0 Å². The first-order valence-electron chi connectivity index (χ1n) is 20.0. The Morgan fingerprint density at radius 2 is 0.872 bits per heavy atom. The van der Waals surface area contributed by atoms with E-state index in [1.807, 2.05) is 0 Å². The SMILES string of the molecule is CCCCCCCC/C=C\CCCCCCCC(=O)OC[C@@H](CCCN)OC(=O)CCCCCCC/C=C\CCCCCCCC.Cl. The van der Waals surface area contributed by atoms with Crippen LogP contribution in [0.4, 0.5) is 0 Å². The van der Waals surface area contributed by atoms with Gasteiger partial charge in [-0.05, 0) is 83.6 Å². The Labute approximate surface area is 298 Å². The van der Waals surface area contributed by atoms with Gasteiger partial charge in [0.2, 0.25) is 0 Å². The number of hydrogen-bond acceptors (Lipinski definition) is 5. The fourth-order valence-corrected chi connectivity index (χ4v) is 5.70. The second-order valence-corrected chi connectivity index (χ2v) is 13.4. The number of carbonyl (C=O) groups is 2. The van der Waals surface area contributed by atoms with Crippen molar-refractivity contribution in [3.63, 3.8) is 0 Å². The van der Waals surface area contributed by atoms with Gasteiger partial charge in [-0.15, -0.1) is 12.4 Å². The van der Waals surface area contributed by atoms with Crippen molar-refractivity contribution in [2.45, 2.75) is 213 Å². The van der Waals surface area contributed by atoms with Gasteiger partial charge in [0.05, 0.1) is 0 Å². The highest BCUT2D eigenvalue weighted by Gasteiger charge is 2.16. The summed E-state index contributed by atoms with van der Waals surface area (Å²) in [4.78, 5) is 24.7. The zero-order valence-electron chi connectivity index (χ0n) is 31.1. The third-order valence-electron chi connectivity index (χ3n) is 8.74. The Morgan fingerprint density at radius 3 is 1.28 bits per heavy atom. The van der Waals surface area contributed by atoms with Gasteiger partial charge < -0.3 is 15.2 Å². The van der Waals surface area contributed by atoms with Crippen LogP contribution in [0.1, 0.15) is 206 Å². The summed E-state index contributed by atoms with van der Waals surface area (Å²) in [5.74, 6) is -0.378. The van der Waals surface area contributed by atoms with Crippen LogP contribution in [0, 0.1) is 0 Å². The Morgan fingerprint density at radius 1 is 0.511 bits per heavy atom. The van der Waals surface area contributed by atoms with Crippen molar-refractivity contribution in [3.05, 3.63) is 24.3 Å². The van der Waals surface area contributed by atoms with Gasteiger partial charge in [0.1, 0.15) is 12.7 Å². The van der Waals surface area contributed by atoms with E-state index in [9.17, 15) is 9.59 Å². The molecule has 6 heteroatoms. The quantitative estimate of drug-likeness (QED) is 0.0404. The second-order valence-electron chi connectivity index (χ2n) is 13.4. The molecule has 278 valence electrons. The van der Waals surface area contributed by atoms with E-state index in [-0.39, 0.29) is 31.0 Å². The van der Waals surface area contributed by atoms with E-state index < -0.39 is 6.10 Å². The summed E-state index contributed by atoms with van der Waals surface area (Å²) in [7, 11) is 0. The maximum atomic E-state index is 12.4. The van der Waals surface area contributed by atoms with E-state index in [1.54, 1.807) is 0 Å². The first-order valence-corrected chi connectivity index (χ1v) is 20.0. The minimum Gasteiger partial charge on any atom is -0.462 e. The van der Waals surface area contributed by atoms with E-state index in [4.69, 9.17) is 15.2 Å². The molecule has 0 aliphatic carbocycles. The van der Waals surface area contributed by atoms with Crippen LogP contribution in [0.3, 0.4) is 0 Å². The Balaban J connectivity index is 0. The molecular formula is C41H78ClNO4. The van der Waals surface area contributed by atoms with E-state index in [1.165, 1.54) is 116 Å². The lowest BCUT2D eigenvalue weighted by molar-refractivity contribution is -0.159. The molecule has 0 aliphatic heterocycles. The summed E-state index contributed by atoms with van der Waals surface area (Å²) in [5.41, 5.74) is 5.68. The van der Waals surface area contributed by atoms with Crippen LogP contribution in [0.15, 0.2) is 24.3 Å². The number of halogens is 1. The van der Waals surface area contributed by atoms with Crippen LogP contribution < -0.4 is 5.73 Å². The van der Waals surface area contributed by atoms with Gasteiger partial charge in [-0.3, -0.25) is 9.59 Å². The van der Waals surface area contributed by atoms with Crippen LogP contribution in [0.25, 0.3) is 0 Å². The number of esters is 2. The third-order valence-corrected chi connectivity index (χ3v) is 8.74. The Hall–Kier alpha value is -1.33. The molecule has 0 aromatic rings. The van der Waals surface area contributed by atoms with Gasteiger partial charge in [0.15, 0.2) is 0 Å². The summed E-state index contributed by atoms with van der Waals surface area (Å²) in [6.07, 6.45) is 43.3. The zero-order valence-corrected chi connectivity index (χ0v) is 31.9. The zero-order chi connectivity index (χ0) is 33.6. The average Bonchev–Trinajstić information content (AvgIpc) is 3.05. The molecule has 0 aliphatic rings. The summed E-state index contributed by atoms with van der Waals surface area (Å²) < 4.78 is 11.1. The van der Waals surface area contributed by atoms with Crippen molar-refractivity contribution in [3.8, 4) is 0 Å². The summed E-state index contributed by atoms with van der Waals surface area (Å²) >= 11 is 0. The van der Waals surface area contributed by atoms with Crippen molar-refractivity contribution >= 4 is 24.3 Å². The van der Waals surface area contributed by atoms with E-state index in [0.717, 1.165) is 57.8 Å². The van der Waals surface area contributed by atoms with Gasteiger partial charge >= 0.3 is 11.9 Å². The van der Waals surface area contributed by atoms with Gasteiger partial charge in [-0.2, -0.15) is 0 Å². The number of nitrogens with two attached hydrogens (primary N) is 1. The first-order chi connectivity index (χ1) is 22.6. The highest BCUT2D eigenvalue weighted by molar-refractivity contribution is 5.85. The monoisotopic (exact) mass is 684 g/mol. The molecule has 0 bridgehead atoms. The smallest absolute Gasteiger partial charge is 0.306 e. The fourth-order valence-electron chi connectivity index (χ4n) is 5.70. The molecular weight excluding hydrogens is 606 g/mol. The van der Waals surface area contributed by atoms with Crippen LogP contribution >= 0.6 is 12.4 Å². The molecule has 47 heavy (non-hydrogen) atoms. The van der Waals surface area contributed by atoms with Crippen LogP contribution in [-0.2, 0) is 19.1 Å². The number of allylic oxidation sites excluding steroid dienone is 4. The number of rotatable bonds is 36. The lowest BCUT2D eigenvalue weighted by atomic mass is 10.1. The number of carbonyl (C=O) groups excluding carboxylic acids is 2. The predicted molar refractivity (Wildman–Crippen MR) is 205 cm³/mol. The standard InChI is InChI=1S/C41H77NO4.ClH/c1-3-5-7-9-11-13-15-17-19-21-23-25-27-29-31-35-40(43)45-38-39(34-33-37-42)46-41(44)36-32-30-28-26-24-22-20-18-16-14-12-10-8-6-4-2;/h17-20,39H,3-16,21-38,42H2,1-2H3;1H/b19-17-,20-18-;/t39-;/m1./s1. The van der Waals surface area contributed by atoms with E-state index in [2.05, 4.69) is 38.2 Å². The lowest BCUT2D eigenvalue weighted by Crippen LogP contribution is -2.26. The summed E-state index contributed by atoms with van der Waals surface area (Å²) in [6.45, 7) is 5.20. The summed E-state index contributed by atoms with van der Waals surface area (Å²) in [6, 6.07) is 0. The van der Waals surface area contributed by atoms with Crippen LogP contribution in [0.2, 0.25) is 0 Å². The fraction of sp³-hybridized carbons (Fsp3) is 0.854. The molecule has 2 N–H and O–H groups in total. The molecule has 0 aromatic heterocycles. The van der Waals surface area contributed by atoms with Gasteiger partial charge in [0.25, 0.3) is 0 Å². The second kappa shape index (κ2) is 40.8. The third kappa shape index (κ3) is 39.0. The molecule has 0 saturated carbocycles. The predicted octanol–water partition coefficient (Wildman–Crippen LogP) is 12.7. The van der Waals surface area contributed by atoms with Crippen molar-refractivity contribution in [2.24, 2.45) is 5.73 Å². The average molecular weight is 685 g/mol. The topological polar surface area (TPSA) is 78.6 Å². The number of unbranched alkanes of at least 4 members (excludes halogenated alkanes) is 22.